The number of rotatable bonds is 3. The van der Waals surface area contributed by atoms with Crippen molar-refractivity contribution in [2.75, 3.05) is 13.1 Å². The number of carbonyl (C=O) groups excluding carboxylic acids is 1. The van der Waals surface area contributed by atoms with Crippen molar-refractivity contribution >= 4 is 5.91 Å². The molecule has 19 heavy (non-hydrogen) atoms. The third-order valence-corrected chi connectivity index (χ3v) is 4.60. The fourth-order valence-electron chi connectivity index (χ4n) is 3.07. The Bertz CT molecular complexity index is 456. The van der Waals surface area contributed by atoms with E-state index in [0.29, 0.717) is 17.9 Å². The van der Waals surface area contributed by atoms with Gasteiger partial charge in [-0.05, 0) is 44.1 Å². The summed E-state index contributed by atoms with van der Waals surface area (Å²) in [6.07, 6.45) is 8.57. The van der Waals surface area contributed by atoms with Gasteiger partial charge in [-0.1, -0.05) is 6.92 Å². The van der Waals surface area contributed by atoms with Crippen LogP contribution in [0, 0.1) is 18.8 Å². The maximum atomic E-state index is 12.3. The molecule has 1 saturated heterocycles. The third-order valence-electron chi connectivity index (χ3n) is 4.60. The van der Waals surface area contributed by atoms with E-state index in [9.17, 15) is 4.79 Å². The first-order valence-corrected chi connectivity index (χ1v) is 7.44. The number of aryl methyl sites for hydroxylation is 1. The van der Waals surface area contributed by atoms with Crippen molar-refractivity contribution in [3.63, 3.8) is 0 Å². The summed E-state index contributed by atoms with van der Waals surface area (Å²) in [5.41, 5.74) is 1.21. The smallest absolute Gasteiger partial charge is 0.225 e. The van der Waals surface area contributed by atoms with Gasteiger partial charge in [-0.15, -0.1) is 0 Å². The molecule has 1 aliphatic carbocycles. The molecule has 4 nitrogen and oxygen atoms in total. The van der Waals surface area contributed by atoms with Crippen LogP contribution in [0.5, 0.6) is 0 Å². The maximum Gasteiger partial charge on any atom is 0.225 e. The van der Waals surface area contributed by atoms with Gasteiger partial charge in [-0.25, -0.2) is 0 Å². The van der Waals surface area contributed by atoms with E-state index in [1.807, 2.05) is 6.20 Å². The molecule has 4 heteroatoms. The monoisotopic (exact) mass is 261 g/mol. The first-order chi connectivity index (χ1) is 9.15. The van der Waals surface area contributed by atoms with Crippen molar-refractivity contribution in [3.05, 3.63) is 18.0 Å². The lowest BCUT2D eigenvalue weighted by Gasteiger charge is -2.33. The van der Waals surface area contributed by atoms with E-state index in [1.165, 1.54) is 18.4 Å². The number of nitrogens with zero attached hydrogens (tertiary/aromatic N) is 3. The van der Waals surface area contributed by atoms with Crippen LogP contribution in [0.1, 0.15) is 44.2 Å². The summed E-state index contributed by atoms with van der Waals surface area (Å²) in [5.74, 6) is 1.28. The van der Waals surface area contributed by atoms with E-state index in [4.69, 9.17) is 0 Å². The average molecular weight is 261 g/mol. The van der Waals surface area contributed by atoms with Gasteiger partial charge in [0.15, 0.2) is 0 Å². The summed E-state index contributed by atoms with van der Waals surface area (Å²) >= 11 is 0. The lowest BCUT2D eigenvalue weighted by molar-refractivity contribution is -0.137. The van der Waals surface area contributed by atoms with Crippen molar-refractivity contribution in [1.29, 1.82) is 0 Å². The normalized spacial score (nSPS) is 22.5. The zero-order chi connectivity index (χ0) is 13.4. The van der Waals surface area contributed by atoms with Crippen LogP contribution >= 0.6 is 0 Å². The number of amides is 1. The van der Waals surface area contributed by atoms with Gasteiger partial charge in [0.05, 0.1) is 12.2 Å². The summed E-state index contributed by atoms with van der Waals surface area (Å²) < 4.78 is 2.07. The Morgan fingerprint density at radius 3 is 2.53 bits per heavy atom. The highest BCUT2D eigenvalue weighted by Gasteiger charge is 2.36. The molecule has 1 unspecified atom stereocenters. The lowest BCUT2D eigenvalue weighted by Crippen LogP contribution is -2.42. The van der Waals surface area contributed by atoms with Gasteiger partial charge >= 0.3 is 0 Å². The quantitative estimate of drug-likeness (QED) is 0.838. The zero-order valence-electron chi connectivity index (χ0n) is 11.9. The Morgan fingerprint density at radius 1 is 1.32 bits per heavy atom. The van der Waals surface area contributed by atoms with Crippen LogP contribution in [0.3, 0.4) is 0 Å². The average Bonchev–Trinajstić information content (AvgIpc) is 3.19. The minimum absolute atomic E-state index is 0.239. The van der Waals surface area contributed by atoms with Crippen molar-refractivity contribution in [2.45, 2.75) is 45.6 Å². The number of piperidine rings is 1. The van der Waals surface area contributed by atoms with Gasteiger partial charge in [-0.2, -0.15) is 5.10 Å². The molecule has 0 aromatic carbocycles. The molecule has 1 aromatic heterocycles. The van der Waals surface area contributed by atoms with E-state index in [1.54, 1.807) is 0 Å². The minimum atomic E-state index is 0.239. The Morgan fingerprint density at radius 2 is 2.00 bits per heavy atom. The summed E-state index contributed by atoms with van der Waals surface area (Å²) in [6, 6.07) is 0.467. The molecule has 2 aliphatic rings. The van der Waals surface area contributed by atoms with Crippen molar-refractivity contribution in [3.8, 4) is 0 Å². The number of hydrogen-bond donors (Lipinski definition) is 0. The molecule has 2 fully saturated rings. The number of hydrogen-bond acceptors (Lipinski definition) is 2. The second kappa shape index (κ2) is 4.99. The predicted octanol–water partition coefficient (Wildman–Crippen LogP) is 2.40. The van der Waals surface area contributed by atoms with Gasteiger partial charge in [0.25, 0.3) is 0 Å². The molecule has 104 valence electrons. The molecule has 1 aliphatic heterocycles. The highest BCUT2D eigenvalue weighted by Crippen LogP contribution is 2.38. The van der Waals surface area contributed by atoms with Crippen molar-refractivity contribution in [2.24, 2.45) is 11.8 Å². The van der Waals surface area contributed by atoms with Crippen LogP contribution in [0.15, 0.2) is 12.4 Å². The first-order valence-electron chi connectivity index (χ1n) is 7.44. The van der Waals surface area contributed by atoms with E-state index in [-0.39, 0.29) is 5.92 Å². The summed E-state index contributed by atoms with van der Waals surface area (Å²) in [6.45, 7) is 5.95. The van der Waals surface area contributed by atoms with E-state index < -0.39 is 0 Å². The molecule has 3 rings (SSSR count). The standard InChI is InChI=1S/C15H23N3O/c1-11-9-16-18(10-11)14-5-7-17(8-6-14)15(19)12(2)13-3-4-13/h9-10,12-14H,3-8H2,1-2H3. The highest BCUT2D eigenvalue weighted by atomic mass is 16.2. The molecule has 1 amide bonds. The van der Waals surface area contributed by atoms with Gasteiger partial charge in [0.2, 0.25) is 5.91 Å². The van der Waals surface area contributed by atoms with E-state index in [2.05, 4.69) is 34.7 Å². The molecular weight excluding hydrogens is 238 g/mol. The molecular formula is C15H23N3O. The number of carbonyl (C=O) groups is 1. The Labute approximate surface area is 114 Å². The maximum absolute atomic E-state index is 12.3. The Hall–Kier alpha value is -1.32. The van der Waals surface area contributed by atoms with Gasteiger partial charge in [0, 0.05) is 25.2 Å². The second-order valence-corrected chi connectivity index (χ2v) is 6.18. The lowest BCUT2D eigenvalue weighted by atomic mass is 10.0. The predicted molar refractivity (Wildman–Crippen MR) is 73.7 cm³/mol. The molecule has 1 aromatic rings. The van der Waals surface area contributed by atoms with Gasteiger partial charge in [-0.3, -0.25) is 9.48 Å². The number of aromatic nitrogens is 2. The van der Waals surface area contributed by atoms with Crippen LogP contribution in [-0.2, 0) is 4.79 Å². The summed E-state index contributed by atoms with van der Waals surface area (Å²) in [7, 11) is 0. The molecule has 1 atom stereocenters. The van der Waals surface area contributed by atoms with Crippen molar-refractivity contribution in [1.82, 2.24) is 14.7 Å². The summed E-state index contributed by atoms with van der Waals surface area (Å²) in [5, 5.41) is 4.40. The molecule has 2 heterocycles. The molecule has 0 N–H and O–H groups in total. The fraction of sp³-hybridized carbons (Fsp3) is 0.733. The zero-order valence-corrected chi connectivity index (χ0v) is 11.9. The highest BCUT2D eigenvalue weighted by molar-refractivity contribution is 5.79. The third kappa shape index (κ3) is 2.67. The van der Waals surface area contributed by atoms with Crippen LogP contribution in [0.2, 0.25) is 0 Å². The molecule has 0 radical (unpaired) electrons. The van der Waals surface area contributed by atoms with Gasteiger partial charge < -0.3 is 4.90 Å². The van der Waals surface area contributed by atoms with E-state index in [0.717, 1.165) is 25.9 Å². The van der Waals surface area contributed by atoms with Crippen LogP contribution < -0.4 is 0 Å². The first kappa shape index (κ1) is 12.7. The largest absolute Gasteiger partial charge is 0.342 e. The Kier molecular flexibility index (Phi) is 3.33. The summed E-state index contributed by atoms with van der Waals surface area (Å²) in [4.78, 5) is 14.4. The molecule has 0 bridgehead atoms. The minimum Gasteiger partial charge on any atom is -0.342 e. The Balaban J connectivity index is 1.55. The second-order valence-electron chi connectivity index (χ2n) is 6.18. The molecule has 0 spiro atoms. The van der Waals surface area contributed by atoms with Crippen LogP contribution in [-0.4, -0.2) is 33.7 Å². The van der Waals surface area contributed by atoms with E-state index >= 15 is 0 Å². The topological polar surface area (TPSA) is 38.1 Å². The molecule has 1 saturated carbocycles. The van der Waals surface area contributed by atoms with Gasteiger partial charge in [0.1, 0.15) is 0 Å². The van der Waals surface area contributed by atoms with Crippen LogP contribution in [0.25, 0.3) is 0 Å². The number of likely N-dealkylation sites (tertiary alicyclic amines) is 1. The van der Waals surface area contributed by atoms with Crippen molar-refractivity contribution < 1.29 is 4.79 Å². The SMILES string of the molecule is Cc1cnn(C2CCN(C(=O)C(C)C3CC3)CC2)c1. The van der Waals surface area contributed by atoms with Crippen LogP contribution in [0.4, 0.5) is 0 Å². The fourth-order valence-corrected chi connectivity index (χ4v) is 3.07.